The number of carbonyl (C=O) groups excluding carboxylic acids is 1. The van der Waals surface area contributed by atoms with Crippen LogP contribution in [0.4, 0.5) is 37.8 Å². The maximum atomic E-state index is 13.1. The molecular weight excluding hydrogens is 466 g/mol. The fourth-order valence-electron chi connectivity index (χ4n) is 3.69. The summed E-state index contributed by atoms with van der Waals surface area (Å²) < 4.78 is 80.1. The molecular formula is C21H18F6N6O. The third-order valence-electron chi connectivity index (χ3n) is 5.38. The highest BCUT2D eigenvalue weighted by Gasteiger charge is 2.37. The second-order valence-electron chi connectivity index (χ2n) is 7.79. The Bertz CT molecular complexity index is 1110. The molecule has 1 amide bonds. The van der Waals surface area contributed by atoms with Gasteiger partial charge in [-0.15, -0.1) is 10.2 Å². The van der Waals surface area contributed by atoms with Crippen molar-refractivity contribution in [2.45, 2.75) is 25.2 Å². The first-order chi connectivity index (χ1) is 16.0. The molecule has 0 bridgehead atoms. The molecule has 1 N–H and O–H groups in total. The SMILES string of the molecule is O=C(Nc1cc(C(F)(F)F)cc(C(F)(F)F)c1)C1CCCN(c2ccc(-n3ccnc3)nn2)C1. The van der Waals surface area contributed by atoms with Gasteiger partial charge in [-0.25, -0.2) is 4.98 Å². The predicted octanol–water partition coefficient (Wildman–Crippen LogP) is 4.56. The number of imidazole rings is 1. The Hall–Kier alpha value is -3.64. The topological polar surface area (TPSA) is 75.9 Å². The first kappa shape index (κ1) is 23.5. The van der Waals surface area contributed by atoms with Gasteiger partial charge in [-0.05, 0) is 43.2 Å². The van der Waals surface area contributed by atoms with Gasteiger partial charge in [0, 0.05) is 31.2 Å². The smallest absolute Gasteiger partial charge is 0.354 e. The Kier molecular flexibility index (Phi) is 6.19. The quantitative estimate of drug-likeness (QED) is 0.550. The maximum Gasteiger partial charge on any atom is 0.416 e. The van der Waals surface area contributed by atoms with E-state index < -0.39 is 41.0 Å². The molecule has 1 fully saturated rings. The van der Waals surface area contributed by atoms with E-state index in [-0.39, 0.29) is 12.6 Å². The normalized spacial score (nSPS) is 17.0. The van der Waals surface area contributed by atoms with Gasteiger partial charge in [0.15, 0.2) is 11.6 Å². The number of nitrogens with one attached hydrogen (secondary N) is 1. The van der Waals surface area contributed by atoms with Crippen molar-refractivity contribution < 1.29 is 31.1 Å². The van der Waals surface area contributed by atoms with Crippen molar-refractivity contribution >= 4 is 17.4 Å². The molecule has 7 nitrogen and oxygen atoms in total. The minimum atomic E-state index is -5.00. The summed E-state index contributed by atoms with van der Waals surface area (Å²) >= 11 is 0. The van der Waals surface area contributed by atoms with Crippen LogP contribution in [0.25, 0.3) is 5.82 Å². The first-order valence-electron chi connectivity index (χ1n) is 10.2. The van der Waals surface area contributed by atoms with E-state index in [0.717, 1.165) is 0 Å². The van der Waals surface area contributed by atoms with Gasteiger partial charge in [0.1, 0.15) is 6.33 Å². The van der Waals surface area contributed by atoms with Crippen LogP contribution >= 0.6 is 0 Å². The highest BCUT2D eigenvalue weighted by atomic mass is 19.4. The number of carbonyl (C=O) groups is 1. The summed E-state index contributed by atoms with van der Waals surface area (Å²) in [6.07, 6.45) is -4.14. The summed E-state index contributed by atoms with van der Waals surface area (Å²) in [4.78, 5) is 18.5. The summed E-state index contributed by atoms with van der Waals surface area (Å²) in [6, 6.07) is 4.44. The summed E-state index contributed by atoms with van der Waals surface area (Å²) in [5, 5.41) is 10.5. The molecule has 0 aliphatic carbocycles. The lowest BCUT2D eigenvalue weighted by molar-refractivity contribution is -0.143. The molecule has 0 radical (unpaired) electrons. The van der Waals surface area contributed by atoms with Crippen molar-refractivity contribution in [3.8, 4) is 5.82 Å². The number of hydrogen-bond acceptors (Lipinski definition) is 5. The molecule has 1 atom stereocenters. The van der Waals surface area contributed by atoms with Gasteiger partial charge in [-0.2, -0.15) is 26.3 Å². The van der Waals surface area contributed by atoms with Crippen molar-refractivity contribution in [1.82, 2.24) is 19.7 Å². The minimum absolute atomic E-state index is 0.0180. The number of nitrogens with zero attached hydrogens (tertiary/aromatic N) is 5. The number of benzene rings is 1. The number of piperidine rings is 1. The molecule has 4 rings (SSSR count). The molecule has 1 unspecified atom stereocenters. The lowest BCUT2D eigenvalue weighted by atomic mass is 9.96. The molecule has 180 valence electrons. The third-order valence-corrected chi connectivity index (χ3v) is 5.38. The van der Waals surface area contributed by atoms with E-state index in [1.54, 1.807) is 40.3 Å². The minimum Gasteiger partial charge on any atom is -0.354 e. The van der Waals surface area contributed by atoms with E-state index in [1.807, 2.05) is 0 Å². The zero-order valence-electron chi connectivity index (χ0n) is 17.4. The maximum absolute atomic E-state index is 13.1. The van der Waals surface area contributed by atoms with Crippen molar-refractivity contribution in [1.29, 1.82) is 0 Å². The molecule has 0 spiro atoms. The van der Waals surface area contributed by atoms with Crippen LogP contribution in [0.5, 0.6) is 0 Å². The number of alkyl halides is 6. The number of anilines is 2. The molecule has 1 aliphatic rings. The summed E-state index contributed by atoms with van der Waals surface area (Å²) in [7, 11) is 0. The zero-order chi connectivity index (χ0) is 24.5. The molecule has 1 aromatic carbocycles. The van der Waals surface area contributed by atoms with Crippen LogP contribution in [-0.2, 0) is 17.1 Å². The molecule has 0 saturated carbocycles. The Morgan fingerprint density at radius 2 is 1.62 bits per heavy atom. The first-order valence-corrected chi connectivity index (χ1v) is 10.2. The third kappa shape index (κ3) is 5.29. The second kappa shape index (κ2) is 8.95. The number of aromatic nitrogens is 4. The average Bonchev–Trinajstić information content (AvgIpc) is 3.33. The van der Waals surface area contributed by atoms with E-state index in [4.69, 9.17) is 0 Å². The van der Waals surface area contributed by atoms with Crippen LogP contribution in [0, 0.1) is 5.92 Å². The second-order valence-corrected chi connectivity index (χ2v) is 7.79. The van der Waals surface area contributed by atoms with Crippen LogP contribution in [-0.4, -0.2) is 38.7 Å². The molecule has 2 aromatic heterocycles. The lowest BCUT2D eigenvalue weighted by Gasteiger charge is -2.32. The van der Waals surface area contributed by atoms with Gasteiger partial charge in [-0.3, -0.25) is 9.36 Å². The number of hydrogen-bond donors (Lipinski definition) is 1. The van der Waals surface area contributed by atoms with Crippen molar-refractivity contribution in [3.05, 3.63) is 60.2 Å². The van der Waals surface area contributed by atoms with Crippen molar-refractivity contribution in [2.24, 2.45) is 5.92 Å². The fourth-order valence-corrected chi connectivity index (χ4v) is 3.69. The van der Waals surface area contributed by atoms with E-state index in [9.17, 15) is 31.1 Å². The standard InChI is InChI=1S/C21H18F6N6O/c22-20(23,24)14-8-15(21(25,26)27)10-16(9-14)29-19(34)13-2-1-6-32(11-13)17-3-4-18(31-30-17)33-7-5-28-12-33/h3-5,7-10,12-13H,1-2,6,11H2,(H,29,34). The predicted molar refractivity (Wildman–Crippen MR) is 109 cm³/mol. The van der Waals surface area contributed by atoms with Gasteiger partial charge in [0.25, 0.3) is 0 Å². The average molecular weight is 484 g/mol. The van der Waals surface area contributed by atoms with E-state index >= 15 is 0 Å². The van der Waals surface area contributed by atoms with Crippen LogP contribution in [0.2, 0.25) is 0 Å². The molecule has 3 aromatic rings. The monoisotopic (exact) mass is 484 g/mol. The number of rotatable bonds is 4. The van der Waals surface area contributed by atoms with Gasteiger partial charge in [-0.1, -0.05) is 0 Å². The highest BCUT2D eigenvalue weighted by molar-refractivity contribution is 5.93. The van der Waals surface area contributed by atoms with E-state index in [0.29, 0.717) is 43.2 Å². The number of amides is 1. The Morgan fingerprint density at radius 1 is 0.971 bits per heavy atom. The van der Waals surface area contributed by atoms with Crippen LogP contribution < -0.4 is 10.2 Å². The molecule has 34 heavy (non-hydrogen) atoms. The van der Waals surface area contributed by atoms with Gasteiger partial charge < -0.3 is 10.2 Å². The largest absolute Gasteiger partial charge is 0.416 e. The van der Waals surface area contributed by atoms with Gasteiger partial charge in [0.2, 0.25) is 5.91 Å². The van der Waals surface area contributed by atoms with E-state index in [1.165, 1.54) is 0 Å². The van der Waals surface area contributed by atoms with Crippen molar-refractivity contribution in [2.75, 3.05) is 23.3 Å². The number of halogens is 6. The lowest BCUT2D eigenvalue weighted by Crippen LogP contribution is -2.41. The highest BCUT2D eigenvalue weighted by Crippen LogP contribution is 2.37. The van der Waals surface area contributed by atoms with Crippen LogP contribution in [0.1, 0.15) is 24.0 Å². The summed E-state index contributed by atoms with van der Waals surface area (Å²) in [5.41, 5.74) is -3.54. The van der Waals surface area contributed by atoms with Gasteiger partial charge in [0.05, 0.1) is 17.0 Å². The molecule has 1 saturated heterocycles. The Labute approximate surface area is 189 Å². The molecule has 3 heterocycles. The van der Waals surface area contributed by atoms with Crippen molar-refractivity contribution in [3.63, 3.8) is 0 Å². The fraction of sp³-hybridized carbons (Fsp3) is 0.333. The Balaban J connectivity index is 1.48. The summed E-state index contributed by atoms with van der Waals surface area (Å²) in [6.45, 7) is 0.765. The van der Waals surface area contributed by atoms with Crippen LogP contribution in [0.3, 0.4) is 0 Å². The zero-order valence-corrected chi connectivity index (χ0v) is 17.4. The van der Waals surface area contributed by atoms with Gasteiger partial charge >= 0.3 is 12.4 Å². The Morgan fingerprint density at radius 3 is 2.18 bits per heavy atom. The molecule has 1 aliphatic heterocycles. The van der Waals surface area contributed by atoms with E-state index in [2.05, 4.69) is 20.5 Å². The summed E-state index contributed by atoms with van der Waals surface area (Å²) in [5.74, 6) is -0.287. The van der Waals surface area contributed by atoms with Crippen LogP contribution in [0.15, 0.2) is 49.1 Å². The molecule has 13 heteroatoms.